The number of aromatic nitrogens is 2. The van der Waals surface area contributed by atoms with Gasteiger partial charge >= 0.3 is 0 Å². The molecule has 1 saturated carbocycles. The van der Waals surface area contributed by atoms with Crippen LogP contribution in [0.15, 0.2) is 24.3 Å². The number of halogens is 2. The summed E-state index contributed by atoms with van der Waals surface area (Å²) in [5.41, 5.74) is 0.0477. The summed E-state index contributed by atoms with van der Waals surface area (Å²) in [6.07, 6.45) is 4.32. The number of carbonyl (C=O) groups is 1. The zero-order chi connectivity index (χ0) is 24.4. The summed E-state index contributed by atoms with van der Waals surface area (Å²) in [7, 11) is 0. The van der Waals surface area contributed by atoms with Gasteiger partial charge in [0.15, 0.2) is 0 Å². The number of hydrogen-bond donors (Lipinski definition) is 2. The smallest absolute Gasteiger partial charge is 0.256 e. The first-order valence-corrected chi connectivity index (χ1v) is 13.0. The number of piperazine rings is 1. The maximum atomic E-state index is 14.3. The Morgan fingerprint density at radius 1 is 1.06 bits per heavy atom. The van der Waals surface area contributed by atoms with E-state index in [1.54, 1.807) is 11.0 Å². The van der Waals surface area contributed by atoms with E-state index >= 15 is 0 Å². The van der Waals surface area contributed by atoms with E-state index in [-0.39, 0.29) is 22.5 Å². The molecule has 3 aliphatic rings. The van der Waals surface area contributed by atoms with Gasteiger partial charge in [-0.2, -0.15) is 9.97 Å². The molecule has 2 saturated heterocycles. The largest absolute Gasteiger partial charge is 0.367 e. The standard InChI is InChI=1S/C25H33ClFN7O/c1-2-32-10-12-33(13-11-32)23-15-22(28-18-4-3-5-18)30-25(31-23)29-19-8-9-34(16-19)24(35)20-7-6-17(26)14-21(20)27/h6-7,14-15,18-19H,2-5,8-13,16H2,1H3,(H2,28,29,30,31). The van der Waals surface area contributed by atoms with Crippen molar-refractivity contribution >= 4 is 35.1 Å². The van der Waals surface area contributed by atoms with Gasteiger partial charge in [0.25, 0.3) is 5.91 Å². The van der Waals surface area contributed by atoms with Gasteiger partial charge in [-0.3, -0.25) is 4.79 Å². The molecule has 1 atom stereocenters. The van der Waals surface area contributed by atoms with Crippen LogP contribution in [0.25, 0.3) is 0 Å². The summed E-state index contributed by atoms with van der Waals surface area (Å²) >= 11 is 5.84. The Hall–Kier alpha value is -2.65. The van der Waals surface area contributed by atoms with Crippen molar-refractivity contribution in [2.24, 2.45) is 0 Å². The highest BCUT2D eigenvalue weighted by atomic mass is 35.5. The molecule has 5 rings (SSSR count). The van der Waals surface area contributed by atoms with E-state index in [1.807, 2.05) is 0 Å². The number of likely N-dealkylation sites (N-methyl/N-ethyl adjacent to an activating group) is 1. The zero-order valence-corrected chi connectivity index (χ0v) is 20.9. The van der Waals surface area contributed by atoms with Gasteiger partial charge in [0.05, 0.1) is 5.56 Å². The number of nitrogens with zero attached hydrogens (tertiary/aromatic N) is 5. The molecule has 188 valence electrons. The summed E-state index contributed by atoms with van der Waals surface area (Å²) in [6.45, 7) is 8.19. The van der Waals surface area contributed by atoms with E-state index in [0.29, 0.717) is 25.1 Å². The Labute approximate surface area is 210 Å². The van der Waals surface area contributed by atoms with Crippen molar-refractivity contribution in [2.45, 2.75) is 44.7 Å². The Kier molecular flexibility index (Phi) is 7.24. The topological polar surface area (TPSA) is 76.6 Å². The van der Waals surface area contributed by atoms with Crippen LogP contribution in [-0.4, -0.2) is 83.6 Å². The molecule has 3 fully saturated rings. The molecular formula is C25H33ClFN7O. The summed E-state index contributed by atoms with van der Waals surface area (Å²) in [4.78, 5) is 28.9. The predicted molar refractivity (Wildman–Crippen MR) is 137 cm³/mol. The molecule has 0 bridgehead atoms. The van der Waals surface area contributed by atoms with Crippen molar-refractivity contribution < 1.29 is 9.18 Å². The average Bonchev–Trinajstić information content (AvgIpc) is 3.29. The second-order valence-electron chi connectivity index (χ2n) is 9.63. The molecule has 3 heterocycles. The van der Waals surface area contributed by atoms with E-state index in [4.69, 9.17) is 21.6 Å². The number of hydrogen-bond acceptors (Lipinski definition) is 7. The highest BCUT2D eigenvalue weighted by Gasteiger charge is 2.29. The maximum absolute atomic E-state index is 14.3. The minimum atomic E-state index is -0.593. The van der Waals surface area contributed by atoms with Crippen LogP contribution in [-0.2, 0) is 0 Å². The van der Waals surface area contributed by atoms with Crippen molar-refractivity contribution in [3.63, 3.8) is 0 Å². The quantitative estimate of drug-likeness (QED) is 0.599. The molecule has 1 amide bonds. The first-order chi connectivity index (χ1) is 17.0. The molecule has 1 unspecified atom stereocenters. The Morgan fingerprint density at radius 3 is 2.54 bits per heavy atom. The maximum Gasteiger partial charge on any atom is 0.256 e. The molecule has 0 radical (unpaired) electrons. The summed E-state index contributed by atoms with van der Waals surface area (Å²) < 4.78 is 14.3. The molecule has 2 N–H and O–H groups in total. The monoisotopic (exact) mass is 501 g/mol. The van der Waals surface area contributed by atoms with E-state index in [0.717, 1.165) is 63.6 Å². The number of rotatable bonds is 7. The van der Waals surface area contributed by atoms with E-state index in [2.05, 4.69) is 33.4 Å². The summed E-state index contributed by atoms with van der Waals surface area (Å²) in [6, 6.07) is 6.69. The number of likely N-dealkylation sites (tertiary alicyclic amines) is 1. The van der Waals surface area contributed by atoms with Gasteiger partial charge in [-0.1, -0.05) is 18.5 Å². The van der Waals surface area contributed by atoms with Gasteiger partial charge in [-0.05, 0) is 50.4 Å². The van der Waals surface area contributed by atoms with Gasteiger partial charge in [0.2, 0.25) is 5.95 Å². The van der Waals surface area contributed by atoms with E-state index < -0.39 is 5.82 Å². The molecule has 2 aliphatic heterocycles. The normalized spacial score (nSPS) is 21.2. The predicted octanol–water partition coefficient (Wildman–Crippen LogP) is 3.70. The molecule has 2 aromatic rings. The number of carbonyl (C=O) groups excluding carboxylic acids is 1. The van der Waals surface area contributed by atoms with Crippen LogP contribution in [0.1, 0.15) is 43.0 Å². The Balaban J connectivity index is 1.28. The molecule has 1 aromatic heterocycles. The first kappa shape index (κ1) is 24.1. The zero-order valence-electron chi connectivity index (χ0n) is 20.1. The van der Waals surface area contributed by atoms with Crippen LogP contribution in [0.2, 0.25) is 5.02 Å². The highest BCUT2D eigenvalue weighted by Crippen LogP contribution is 2.27. The number of benzene rings is 1. The third-order valence-electron chi connectivity index (χ3n) is 7.28. The Bertz CT molecular complexity index is 1060. The first-order valence-electron chi connectivity index (χ1n) is 12.6. The molecule has 10 heteroatoms. The third kappa shape index (κ3) is 5.62. The van der Waals surface area contributed by atoms with Crippen LogP contribution < -0.4 is 15.5 Å². The second-order valence-corrected chi connectivity index (χ2v) is 10.1. The van der Waals surface area contributed by atoms with Crippen molar-refractivity contribution in [3.8, 4) is 0 Å². The van der Waals surface area contributed by atoms with Gasteiger partial charge in [-0.25, -0.2) is 4.39 Å². The van der Waals surface area contributed by atoms with Gasteiger partial charge < -0.3 is 25.3 Å². The van der Waals surface area contributed by atoms with Crippen LogP contribution >= 0.6 is 11.6 Å². The SMILES string of the molecule is CCN1CCN(c2cc(NC3CCC3)nc(NC3CCN(C(=O)c4ccc(Cl)cc4F)C3)n2)CC1. The minimum absolute atomic E-state index is 0.00180. The molecule has 1 aliphatic carbocycles. The second kappa shape index (κ2) is 10.5. The molecule has 1 aromatic carbocycles. The lowest BCUT2D eigenvalue weighted by Gasteiger charge is -2.35. The lowest BCUT2D eigenvalue weighted by molar-refractivity contribution is 0.0787. The average molecular weight is 502 g/mol. The fourth-order valence-electron chi connectivity index (χ4n) is 4.87. The van der Waals surface area contributed by atoms with Crippen LogP contribution in [0.3, 0.4) is 0 Å². The van der Waals surface area contributed by atoms with Gasteiger partial charge in [0, 0.05) is 62.4 Å². The molecule has 35 heavy (non-hydrogen) atoms. The lowest BCUT2D eigenvalue weighted by atomic mass is 9.93. The Morgan fingerprint density at radius 2 is 1.86 bits per heavy atom. The van der Waals surface area contributed by atoms with Crippen LogP contribution in [0.4, 0.5) is 22.0 Å². The summed E-state index contributed by atoms with van der Waals surface area (Å²) in [5, 5.41) is 7.28. The van der Waals surface area contributed by atoms with Gasteiger partial charge in [-0.15, -0.1) is 0 Å². The van der Waals surface area contributed by atoms with Crippen molar-refractivity contribution in [2.75, 3.05) is 61.3 Å². The molecule has 8 nitrogen and oxygen atoms in total. The van der Waals surface area contributed by atoms with E-state index in [1.165, 1.54) is 18.6 Å². The van der Waals surface area contributed by atoms with Gasteiger partial charge in [0.1, 0.15) is 17.5 Å². The molecular weight excluding hydrogens is 469 g/mol. The molecule has 0 spiro atoms. The van der Waals surface area contributed by atoms with Crippen molar-refractivity contribution in [1.82, 2.24) is 19.8 Å². The minimum Gasteiger partial charge on any atom is -0.367 e. The van der Waals surface area contributed by atoms with Crippen molar-refractivity contribution in [3.05, 3.63) is 40.7 Å². The summed E-state index contributed by atoms with van der Waals surface area (Å²) in [5.74, 6) is 1.42. The lowest BCUT2D eigenvalue weighted by Crippen LogP contribution is -2.46. The fourth-order valence-corrected chi connectivity index (χ4v) is 5.03. The highest BCUT2D eigenvalue weighted by molar-refractivity contribution is 6.30. The van der Waals surface area contributed by atoms with Crippen LogP contribution in [0.5, 0.6) is 0 Å². The number of anilines is 3. The fraction of sp³-hybridized carbons (Fsp3) is 0.560. The van der Waals surface area contributed by atoms with Crippen molar-refractivity contribution in [1.29, 1.82) is 0 Å². The van der Waals surface area contributed by atoms with Crippen LogP contribution in [0, 0.1) is 5.82 Å². The third-order valence-corrected chi connectivity index (χ3v) is 7.52. The number of nitrogens with one attached hydrogen (secondary N) is 2. The number of amides is 1. The van der Waals surface area contributed by atoms with E-state index in [9.17, 15) is 9.18 Å².